The molecule has 1 rings (SSSR count). The van der Waals surface area contributed by atoms with Gasteiger partial charge in [-0.15, -0.1) is 11.6 Å². The second-order valence-corrected chi connectivity index (χ2v) is 5.17. The molecule has 0 amide bonds. The van der Waals surface area contributed by atoms with Crippen molar-refractivity contribution in [2.75, 3.05) is 5.88 Å². The minimum Gasteiger partial charge on any atom is -0.345 e. The Morgan fingerprint density at radius 1 is 1.41 bits per heavy atom. The maximum Gasteiger partial charge on any atom is 0.163 e. The van der Waals surface area contributed by atoms with E-state index in [-0.39, 0.29) is 12.2 Å². The molecular formula is C13H21ClO3. The summed E-state index contributed by atoms with van der Waals surface area (Å²) in [6.07, 6.45) is 3.93. The molecule has 0 radical (unpaired) electrons. The number of unbranched alkanes of at least 4 members (excludes halogenated alkanes) is 1. The third kappa shape index (κ3) is 4.78. The van der Waals surface area contributed by atoms with Gasteiger partial charge < -0.3 is 14.3 Å². The highest BCUT2D eigenvalue weighted by Crippen LogP contribution is 2.33. The quantitative estimate of drug-likeness (QED) is 0.305. The van der Waals surface area contributed by atoms with Crippen molar-refractivity contribution < 1.29 is 14.3 Å². The number of hydrogen-bond donors (Lipinski definition) is 0. The largest absolute Gasteiger partial charge is 0.345 e. The molecule has 0 unspecified atom stereocenters. The van der Waals surface area contributed by atoms with Crippen LogP contribution in [-0.4, -0.2) is 30.2 Å². The van der Waals surface area contributed by atoms with E-state index < -0.39 is 5.79 Å². The van der Waals surface area contributed by atoms with Crippen LogP contribution in [0.4, 0.5) is 0 Å². The summed E-state index contributed by atoms with van der Waals surface area (Å²) in [6, 6.07) is 0. The molecule has 0 saturated carbocycles. The van der Waals surface area contributed by atoms with Crippen molar-refractivity contribution in [1.29, 1.82) is 0 Å². The maximum absolute atomic E-state index is 10.3. The molecule has 1 aliphatic heterocycles. The number of carbonyl (C=O) groups is 1. The molecule has 0 aromatic rings. The second-order valence-electron chi connectivity index (χ2n) is 4.90. The molecule has 0 N–H and O–H groups in total. The molecular weight excluding hydrogens is 240 g/mol. The number of alkyl halides is 1. The Morgan fingerprint density at radius 2 is 2.06 bits per heavy atom. The first-order valence-electron chi connectivity index (χ1n) is 6.00. The van der Waals surface area contributed by atoms with Crippen molar-refractivity contribution in [2.24, 2.45) is 0 Å². The molecule has 0 aliphatic carbocycles. The minimum atomic E-state index is -0.552. The van der Waals surface area contributed by atoms with Crippen LogP contribution in [0, 0.1) is 0 Å². The van der Waals surface area contributed by atoms with Crippen molar-refractivity contribution in [3.05, 3.63) is 12.2 Å². The van der Waals surface area contributed by atoms with Crippen LogP contribution in [0.15, 0.2) is 12.2 Å². The van der Waals surface area contributed by atoms with Gasteiger partial charge in [-0.2, -0.15) is 0 Å². The van der Waals surface area contributed by atoms with E-state index in [0.29, 0.717) is 12.3 Å². The summed E-state index contributed by atoms with van der Waals surface area (Å²) in [4.78, 5) is 10.3. The van der Waals surface area contributed by atoms with E-state index in [1.807, 2.05) is 13.8 Å². The molecule has 17 heavy (non-hydrogen) atoms. The number of rotatable bonds is 7. The summed E-state index contributed by atoms with van der Waals surface area (Å²) >= 11 is 5.73. The first-order chi connectivity index (χ1) is 7.98. The van der Waals surface area contributed by atoms with Crippen molar-refractivity contribution in [3.8, 4) is 0 Å². The lowest BCUT2D eigenvalue weighted by atomic mass is 10.0. The standard InChI is InChI=1S/C13H21ClO3/c1-10(9-14)8-12-11(6-4-5-7-15)16-13(2,3)17-12/h7,11-12H,1,4-6,8-9H2,2-3H3/t11-,12+/m1/s1. The number of hydrogen-bond acceptors (Lipinski definition) is 3. The van der Waals surface area contributed by atoms with Crippen molar-refractivity contribution >= 4 is 17.9 Å². The van der Waals surface area contributed by atoms with E-state index in [1.54, 1.807) is 0 Å². The highest BCUT2D eigenvalue weighted by Gasteiger charge is 2.40. The predicted molar refractivity (Wildman–Crippen MR) is 68.2 cm³/mol. The summed E-state index contributed by atoms with van der Waals surface area (Å²) in [5, 5.41) is 0. The number of aldehydes is 1. The third-order valence-corrected chi connectivity index (χ3v) is 3.15. The van der Waals surface area contributed by atoms with Crippen LogP contribution in [0.3, 0.4) is 0 Å². The average Bonchev–Trinajstić information content (AvgIpc) is 2.53. The number of carbonyl (C=O) groups excluding carboxylic acids is 1. The second kappa shape index (κ2) is 6.53. The SMILES string of the molecule is C=C(CCl)C[C@@H]1OC(C)(C)O[C@@H]1CCCC=O. The van der Waals surface area contributed by atoms with E-state index >= 15 is 0 Å². The van der Waals surface area contributed by atoms with Gasteiger partial charge in [0.1, 0.15) is 6.29 Å². The maximum atomic E-state index is 10.3. The van der Waals surface area contributed by atoms with Crippen molar-refractivity contribution in [2.45, 2.75) is 57.5 Å². The molecule has 1 fully saturated rings. The molecule has 1 saturated heterocycles. The van der Waals surface area contributed by atoms with Gasteiger partial charge in [-0.3, -0.25) is 0 Å². The molecule has 4 heteroatoms. The first kappa shape index (κ1) is 14.7. The molecule has 0 spiro atoms. The smallest absolute Gasteiger partial charge is 0.163 e. The van der Waals surface area contributed by atoms with Crippen LogP contribution in [0.25, 0.3) is 0 Å². The number of ether oxygens (including phenoxy) is 2. The zero-order chi connectivity index (χ0) is 12.9. The fourth-order valence-corrected chi connectivity index (χ4v) is 2.18. The van der Waals surface area contributed by atoms with Gasteiger partial charge in [-0.05, 0) is 33.1 Å². The topological polar surface area (TPSA) is 35.5 Å². The minimum absolute atomic E-state index is 0.00269. The number of halogens is 1. The van der Waals surface area contributed by atoms with Gasteiger partial charge in [0, 0.05) is 12.3 Å². The summed E-state index contributed by atoms with van der Waals surface area (Å²) in [5.74, 6) is -0.107. The molecule has 0 aromatic carbocycles. The molecule has 1 heterocycles. The monoisotopic (exact) mass is 260 g/mol. The van der Waals surface area contributed by atoms with Gasteiger partial charge in [0.25, 0.3) is 0 Å². The Balaban J connectivity index is 2.51. The Labute approximate surface area is 108 Å². The molecule has 98 valence electrons. The molecule has 1 aliphatic rings. The summed E-state index contributed by atoms with van der Waals surface area (Å²) in [5.41, 5.74) is 0.957. The average molecular weight is 261 g/mol. The van der Waals surface area contributed by atoms with Crippen LogP contribution in [0.2, 0.25) is 0 Å². The van der Waals surface area contributed by atoms with Gasteiger partial charge in [-0.1, -0.05) is 12.2 Å². The van der Waals surface area contributed by atoms with Gasteiger partial charge in [0.2, 0.25) is 0 Å². The Hall–Kier alpha value is -0.380. The summed E-state index contributed by atoms with van der Waals surface area (Å²) in [6.45, 7) is 7.70. The highest BCUT2D eigenvalue weighted by atomic mass is 35.5. The lowest BCUT2D eigenvalue weighted by Gasteiger charge is -2.17. The fraction of sp³-hybridized carbons (Fsp3) is 0.769. The van der Waals surface area contributed by atoms with Crippen LogP contribution in [-0.2, 0) is 14.3 Å². The Morgan fingerprint density at radius 3 is 2.65 bits per heavy atom. The van der Waals surface area contributed by atoms with E-state index in [2.05, 4.69) is 6.58 Å². The zero-order valence-corrected chi connectivity index (χ0v) is 11.3. The van der Waals surface area contributed by atoms with Gasteiger partial charge in [0.05, 0.1) is 12.2 Å². The lowest BCUT2D eigenvalue weighted by Crippen LogP contribution is -2.23. The Kier molecular flexibility index (Phi) is 5.63. The van der Waals surface area contributed by atoms with E-state index in [0.717, 1.165) is 31.1 Å². The van der Waals surface area contributed by atoms with Crippen molar-refractivity contribution in [1.82, 2.24) is 0 Å². The Bertz CT molecular complexity index is 276. The molecule has 0 bridgehead atoms. The van der Waals surface area contributed by atoms with Gasteiger partial charge >= 0.3 is 0 Å². The van der Waals surface area contributed by atoms with Crippen LogP contribution in [0.5, 0.6) is 0 Å². The van der Waals surface area contributed by atoms with E-state index in [4.69, 9.17) is 21.1 Å². The van der Waals surface area contributed by atoms with E-state index in [9.17, 15) is 4.79 Å². The van der Waals surface area contributed by atoms with Gasteiger partial charge in [0.15, 0.2) is 5.79 Å². The normalized spacial score (nSPS) is 27.0. The zero-order valence-electron chi connectivity index (χ0n) is 10.6. The summed E-state index contributed by atoms with van der Waals surface area (Å²) in [7, 11) is 0. The lowest BCUT2D eigenvalue weighted by molar-refractivity contribution is -0.146. The first-order valence-corrected chi connectivity index (χ1v) is 6.54. The van der Waals surface area contributed by atoms with Crippen LogP contribution in [0.1, 0.15) is 39.5 Å². The van der Waals surface area contributed by atoms with Gasteiger partial charge in [-0.25, -0.2) is 0 Å². The third-order valence-electron chi connectivity index (χ3n) is 2.77. The highest BCUT2D eigenvalue weighted by molar-refractivity contribution is 6.19. The summed E-state index contributed by atoms with van der Waals surface area (Å²) < 4.78 is 11.7. The molecule has 0 aromatic heterocycles. The van der Waals surface area contributed by atoms with Crippen LogP contribution < -0.4 is 0 Å². The molecule has 2 atom stereocenters. The molecule has 3 nitrogen and oxygen atoms in total. The fourth-order valence-electron chi connectivity index (χ4n) is 2.07. The van der Waals surface area contributed by atoms with Crippen LogP contribution >= 0.6 is 11.6 Å². The predicted octanol–water partition coefficient (Wildman–Crippen LogP) is 3.06. The van der Waals surface area contributed by atoms with Crippen molar-refractivity contribution in [3.63, 3.8) is 0 Å². The van der Waals surface area contributed by atoms with E-state index in [1.165, 1.54) is 0 Å².